The summed E-state index contributed by atoms with van der Waals surface area (Å²) in [5, 5.41) is 0. The molecule has 0 unspecified atom stereocenters. The molecule has 1 fully saturated rings. The summed E-state index contributed by atoms with van der Waals surface area (Å²) < 4.78 is 10.9. The molecule has 7 heteroatoms. The van der Waals surface area contributed by atoms with E-state index < -0.39 is 0 Å². The maximum Gasteiger partial charge on any atom is 0.339 e. The molecule has 3 rings (SSSR count). The van der Waals surface area contributed by atoms with Crippen LogP contribution in [0.1, 0.15) is 50.0 Å². The highest BCUT2D eigenvalue weighted by Crippen LogP contribution is 2.31. The van der Waals surface area contributed by atoms with Gasteiger partial charge in [0.2, 0.25) is 0 Å². The van der Waals surface area contributed by atoms with Gasteiger partial charge in [-0.25, -0.2) is 9.78 Å². The third kappa shape index (κ3) is 5.99. The summed E-state index contributed by atoms with van der Waals surface area (Å²) in [4.78, 5) is 33.1. The molecule has 2 aromatic rings. The summed E-state index contributed by atoms with van der Waals surface area (Å²) in [6.07, 6.45) is 2.38. The van der Waals surface area contributed by atoms with Gasteiger partial charge in [0.25, 0.3) is 5.91 Å². The van der Waals surface area contributed by atoms with Crippen molar-refractivity contribution in [1.29, 1.82) is 0 Å². The van der Waals surface area contributed by atoms with Crippen LogP contribution in [0.3, 0.4) is 0 Å². The van der Waals surface area contributed by atoms with Gasteiger partial charge in [0, 0.05) is 32.4 Å². The van der Waals surface area contributed by atoms with Crippen LogP contribution in [-0.2, 0) is 14.9 Å². The number of anilines is 1. The van der Waals surface area contributed by atoms with Crippen molar-refractivity contribution < 1.29 is 19.1 Å². The van der Waals surface area contributed by atoms with Crippen LogP contribution in [0.15, 0.2) is 42.6 Å². The van der Waals surface area contributed by atoms with Crippen molar-refractivity contribution in [2.45, 2.75) is 39.5 Å². The van der Waals surface area contributed by atoms with Gasteiger partial charge in [-0.1, -0.05) is 39.0 Å². The standard InChI is InChI=1S/C25H33N3O4/c1-5-31-24(30)19-11-12-22(26-17-19)27-13-8-14-28(16-15-27)23(29)18-32-21-10-7-6-9-20(21)25(2,3)4/h6-7,9-12,17H,5,8,13-16,18H2,1-4H3. The van der Waals surface area contributed by atoms with E-state index in [2.05, 4.69) is 30.7 Å². The van der Waals surface area contributed by atoms with Gasteiger partial charge in [-0.05, 0) is 42.5 Å². The average Bonchev–Trinajstić information content (AvgIpc) is 3.04. The fourth-order valence-electron chi connectivity index (χ4n) is 3.75. The Labute approximate surface area is 190 Å². The number of hydrogen-bond acceptors (Lipinski definition) is 6. The minimum atomic E-state index is -0.368. The van der Waals surface area contributed by atoms with E-state index in [1.54, 1.807) is 19.2 Å². The highest BCUT2D eigenvalue weighted by Gasteiger charge is 2.22. The predicted octanol–water partition coefficient (Wildman–Crippen LogP) is 3.67. The molecule has 0 bridgehead atoms. The van der Waals surface area contributed by atoms with Crippen molar-refractivity contribution >= 4 is 17.7 Å². The molecule has 2 heterocycles. The van der Waals surface area contributed by atoms with Gasteiger partial charge in [-0.3, -0.25) is 4.79 Å². The highest BCUT2D eigenvalue weighted by atomic mass is 16.5. The molecule has 172 valence electrons. The van der Waals surface area contributed by atoms with Crippen molar-refractivity contribution in [3.63, 3.8) is 0 Å². The van der Waals surface area contributed by atoms with Gasteiger partial charge in [-0.15, -0.1) is 0 Å². The van der Waals surface area contributed by atoms with Crippen molar-refractivity contribution in [3.05, 3.63) is 53.7 Å². The molecule has 1 aliphatic heterocycles. The molecular weight excluding hydrogens is 406 g/mol. The second-order valence-corrected chi connectivity index (χ2v) is 8.88. The first-order chi connectivity index (χ1) is 15.3. The average molecular weight is 440 g/mol. The summed E-state index contributed by atoms with van der Waals surface area (Å²) in [6.45, 7) is 11.3. The van der Waals surface area contributed by atoms with Gasteiger partial charge < -0.3 is 19.3 Å². The predicted molar refractivity (Wildman–Crippen MR) is 124 cm³/mol. The summed E-state index contributed by atoms with van der Waals surface area (Å²) in [7, 11) is 0. The monoisotopic (exact) mass is 439 g/mol. The number of para-hydroxylation sites is 1. The lowest BCUT2D eigenvalue weighted by Gasteiger charge is -2.25. The van der Waals surface area contributed by atoms with Crippen molar-refractivity contribution in [1.82, 2.24) is 9.88 Å². The number of ether oxygens (including phenoxy) is 2. The molecule has 1 amide bonds. The number of carbonyl (C=O) groups is 2. The lowest BCUT2D eigenvalue weighted by atomic mass is 9.86. The van der Waals surface area contributed by atoms with E-state index in [1.165, 1.54) is 0 Å². The van der Waals surface area contributed by atoms with Gasteiger partial charge in [0.15, 0.2) is 6.61 Å². The fourth-order valence-corrected chi connectivity index (χ4v) is 3.75. The van der Waals surface area contributed by atoms with Gasteiger partial charge in [0.1, 0.15) is 11.6 Å². The zero-order chi connectivity index (χ0) is 23.1. The molecule has 7 nitrogen and oxygen atoms in total. The number of hydrogen-bond donors (Lipinski definition) is 0. The zero-order valence-corrected chi connectivity index (χ0v) is 19.5. The van der Waals surface area contributed by atoms with E-state index in [9.17, 15) is 9.59 Å². The van der Waals surface area contributed by atoms with Crippen LogP contribution in [0.5, 0.6) is 5.75 Å². The maximum atomic E-state index is 12.8. The Hall–Kier alpha value is -3.09. The zero-order valence-electron chi connectivity index (χ0n) is 19.5. The molecule has 0 N–H and O–H groups in total. The third-order valence-corrected chi connectivity index (χ3v) is 5.48. The Morgan fingerprint density at radius 2 is 1.81 bits per heavy atom. The van der Waals surface area contributed by atoms with Gasteiger partial charge in [0.05, 0.1) is 12.2 Å². The Balaban J connectivity index is 1.56. The molecule has 1 saturated heterocycles. The first-order valence-corrected chi connectivity index (χ1v) is 11.2. The van der Waals surface area contributed by atoms with Crippen LogP contribution in [0.25, 0.3) is 0 Å². The summed E-state index contributed by atoms with van der Waals surface area (Å²) in [6, 6.07) is 11.4. The molecular formula is C25H33N3O4. The normalized spacial score (nSPS) is 14.6. The first-order valence-electron chi connectivity index (χ1n) is 11.2. The summed E-state index contributed by atoms with van der Waals surface area (Å²) >= 11 is 0. The first kappa shape index (κ1) is 23.6. The number of carbonyl (C=O) groups excluding carboxylic acids is 2. The van der Waals surface area contributed by atoms with Crippen LogP contribution >= 0.6 is 0 Å². The molecule has 0 atom stereocenters. The molecule has 0 aliphatic carbocycles. The van der Waals surface area contributed by atoms with Crippen molar-refractivity contribution in [3.8, 4) is 5.75 Å². The van der Waals surface area contributed by atoms with E-state index in [0.29, 0.717) is 31.8 Å². The number of amides is 1. The maximum absolute atomic E-state index is 12.8. The largest absolute Gasteiger partial charge is 0.483 e. The van der Waals surface area contributed by atoms with E-state index in [4.69, 9.17) is 9.47 Å². The molecule has 32 heavy (non-hydrogen) atoms. The Morgan fingerprint density at radius 3 is 2.50 bits per heavy atom. The Kier molecular flexibility index (Phi) is 7.72. The second-order valence-electron chi connectivity index (χ2n) is 8.88. The van der Waals surface area contributed by atoms with Crippen LogP contribution in [-0.4, -0.2) is 61.2 Å². The fraction of sp³-hybridized carbons (Fsp3) is 0.480. The topological polar surface area (TPSA) is 72.0 Å². The smallest absolute Gasteiger partial charge is 0.339 e. The molecule has 0 saturated carbocycles. The minimum absolute atomic E-state index is 0.0128. The van der Waals surface area contributed by atoms with Crippen LogP contribution in [0.2, 0.25) is 0 Å². The van der Waals surface area contributed by atoms with Gasteiger partial charge in [-0.2, -0.15) is 0 Å². The van der Waals surface area contributed by atoms with Crippen LogP contribution in [0, 0.1) is 0 Å². The number of aromatic nitrogens is 1. The van der Waals surface area contributed by atoms with E-state index in [1.807, 2.05) is 35.2 Å². The van der Waals surface area contributed by atoms with Crippen molar-refractivity contribution in [2.24, 2.45) is 0 Å². The quantitative estimate of drug-likeness (QED) is 0.640. The highest BCUT2D eigenvalue weighted by molar-refractivity contribution is 5.89. The van der Waals surface area contributed by atoms with E-state index >= 15 is 0 Å². The minimum Gasteiger partial charge on any atom is -0.483 e. The molecule has 1 aromatic heterocycles. The summed E-state index contributed by atoms with van der Waals surface area (Å²) in [5.74, 6) is 1.17. The van der Waals surface area contributed by atoms with Crippen LogP contribution < -0.4 is 9.64 Å². The number of pyridine rings is 1. The SMILES string of the molecule is CCOC(=O)c1ccc(N2CCCN(C(=O)COc3ccccc3C(C)(C)C)CC2)nc1. The summed E-state index contributed by atoms with van der Waals surface area (Å²) in [5.41, 5.74) is 1.47. The number of rotatable bonds is 6. The van der Waals surface area contributed by atoms with Crippen LogP contribution in [0.4, 0.5) is 5.82 Å². The number of nitrogens with zero attached hydrogens (tertiary/aromatic N) is 3. The molecule has 0 radical (unpaired) electrons. The second kappa shape index (κ2) is 10.5. The molecule has 1 aliphatic rings. The van der Waals surface area contributed by atoms with Gasteiger partial charge >= 0.3 is 5.97 Å². The Bertz CT molecular complexity index is 922. The molecule has 1 aromatic carbocycles. The van der Waals surface area contributed by atoms with E-state index in [-0.39, 0.29) is 23.9 Å². The number of esters is 1. The number of benzene rings is 1. The lowest BCUT2D eigenvalue weighted by Crippen LogP contribution is -2.38. The molecule has 0 spiro atoms. The Morgan fingerprint density at radius 1 is 1.03 bits per heavy atom. The van der Waals surface area contributed by atoms with E-state index in [0.717, 1.165) is 30.1 Å². The lowest BCUT2D eigenvalue weighted by molar-refractivity contribution is -0.133. The third-order valence-electron chi connectivity index (χ3n) is 5.48. The van der Waals surface area contributed by atoms with Crippen molar-refractivity contribution in [2.75, 3.05) is 44.3 Å².